The molecule has 1 aliphatic carbocycles. The molecule has 9 nitrogen and oxygen atoms in total. The second-order valence-electron chi connectivity index (χ2n) is 5.19. The molecule has 0 aliphatic heterocycles. The Bertz CT molecular complexity index is 340. The minimum absolute atomic E-state index is 0.0289. The predicted octanol–water partition coefficient (Wildman–Crippen LogP) is -1.84. The number of carboxylic acids is 2. The Morgan fingerprint density at radius 1 is 0.909 bits per heavy atom. The highest BCUT2D eigenvalue weighted by molar-refractivity contribution is 5.72. The average molecular weight is 324 g/mol. The lowest BCUT2D eigenvalue weighted by atomic mass is 9.90. The molecule has 0 saturated heterocycles. The van der Waals surface area contributed by atoms with Crippen LogP contribution in [0.5, 0.6) is 0 Å². The highest BCUT2D eigenvalue weighted by atomic mass is 16.4. The summed E-state index contributed by atoms with van der Waals surface area (Å²) in [6.45, 7) is -0.843. The topological polar surface area (TPSA) is 176 Å². The van der Waals surface area contributed by atoms with Gasteiger partial charge in [-0.15, -0.1) is 0 Å². The van der Waals surface area contributed by atoms with Crippen molar-refractivity contribution < 1.29 is 45.3 Å². The normalized spacial score (nSPS) is 21.0. The third-order valence-corrected chi connectivity index (χ3v) is 3.46. The van der Waals surface area contributed by atoms with E-state index in [1.165, 1.54) is 6.42 Å². The molecule has 1 aliphatic rings. The van der Waals surface area contributed by atoms with Crippen LogP contribution < -0.4 is 0 Å². The maximum atomic E-state index is 10.4. The summed E-state index contributed by atoms with van der Waals surface area (Å²) in [5.74, 6) is -2.36. The summed E-state index contributed by atoms with van der Waals surface area (Å²) in [6, 6.07) is 0. The van der Waals surface area contributed by atoms with Gasteiger partial charge in [-0.2, -0.15) is 0 Å². The van der Waals surface area contributed by atoms with E-state index in [0.717, 1.165) is 25.7 Å². The molecule has 4 unspecified atom stereocenters. The van der Waals surface area contributed by atoms with Gasteiger partial charge in [-0.1, -0.05) is 19.3 Å². The highest BCUT2D eigenvalue weighted by Gasteiger charge is 2.33. The number of carboxylic acid groups (broad SMARTS) is 2. The van der Waals surface area contributed by atoms with Gasteiger partial charge in [-0.05, 0) is 12.8 Å². The van der Waals surface area contributed by atoms with Crippen molar-refractivity contribution in [2.75, 3.05) is 6.61 Å². The molecule has 0 aromatic heterocycles. The van der Waals surface area contributed by atoms with Gasteiger partial charge in [0, 0.05) is 0 Å². The third kappa shape index (κ3) is 7.14. The second-order valence-corrected chi connectivity index (χ2v) is 5.19. The zero-order valence-electron chi connectivity index (χ0n) is 12.1. The summed E-state index contributed by atoms with van der Waals surface area (Å²) in [4.78, 5) is 20.4. The third-order valence-electron chi connectivity index (χ3n) is 3.46. The summed E-state index contributed by atoms with van der Waals surface area (Å²) < 4.78 is 0. The average Bonchev–Trinajstić information content (AvgIpc) is 2.53. The molecule has 9 heteroatoms. The van der Waals surface area contributed by atoms with Crippen molar-refractivity contribution >= 4 is 11.9 Å². The van der Waals surface area contributed by atoms with E-state index < -0.39 is 43.0 Å². The van der Waals surface area contributed by atoms with Crippen molar-refractivity contribution in [1.82, 2.24) is 0 Å². The van der Waals surface area contributed by atoms with Crippen LogP contribution in [0.25, 0.3) is 0 Å². The highest BCUT2D eigenvalue weighted by Crippen LogP contribution is 2.23. The van der Waals surface area contributed by atoms with Gasteiger partial charge in [-0.3, -0.25) is 4.79 Å². The summed E-state index contributed by atoms with van der Waals surface area (Å²) in [5, 5.41) is 60.4. The minimum atomic E-state index is -2.20. The van der Waals surface area contributed by atoms with Gasteiger partial charge in [0.1, 0.15) is 18.3 Å². The Labute approximate surface area is 127 Å². The maximum Gasteiger partial charge on any atom is 0.335 e. The first kappa shape index (κ1) is 20.7. The fourth-order valence-corrected chi connectivity index (χ4v) is 2.02. The van der Waals surface area contributed by atoms with Crippen LogP contribution in [-0.2, 0) is 9.59 Å². The van der Waals surface area contributed by atoms with Gasteiger partial charge in [-0.25, -0.2) is 4.79 Å². The van der Waals surface area contributed by atoms with E-state index in [2.05, 4.69) is 0 Å². The van der Waals surface area contributed by atoms with Crippen molar-refractivity contribution in [3.05, 3.63) is 0 Å². The molecule has 0 aromatic rings. The van der Waals surface area contributed by atoms with Crippen LogP contribution in [0.2, 0.25) is 0 Å². The molecular weight excluding hydrogens is 300 g/mol. The van der Waals surface area contributed by atoms with Crippen LogP contribution >= 0.6 is 0 Å². The molecule has 1 fully saturated rings. The summed E-state index contributed by atoms with van der Waals surface area (Å²) >= 11 is 0. The molecule has 7 N–H and O–H groups in total. The number of aliphatic hydroxyl groups excluding tert-OH is 5. The molecule has 1 saturated carbocycles. The van der Waals surface area contributed by atoms with Crippen molar-refractivity contribution in [2.45, 2.75) is 56.5 Å². The van der Waals surface area contributed by atoms with E-state index in [1.807, 2.05) is 0 Å². The Morgan fingerprint density at radius 3 is 1.73 bits per heavy atom. The van der Waals surface area contributed by atoms with Crippen molar-refractivity contribution in [3.8, 4) is 0 Å². The summed E-state index contributed by atoms with van der Waals surface area (Å²) in [5.41, 5.74) is 0. The van der Waals surface area contributed by atoms with Crippen molar-refractivity contribution in [1.29, 1.82) is 0 Å². The quantitative estimate of drug-likeness (QED) is 0.296. The summed E-state index contributed by atoms with van der Waals surface area (Å²) in [6.07, 6.45) is -2.60. The van der Waals surface area contributed by atoms with Crippen LogP contribution in [0.15, 0.2) is 0 Å². The molecule has 0 heterocycles. The molecule has 0 spiro atoms. The van der Waals surface area contributed by atoms with Gasteiger partial charge in [0.25, 0.3) is 0 Å². The molecule has 1 rings (SSSR count). The van der Waals surface area contributed by atoms with Gasteiger partial charge in [0.05, 0.1) is 12.5 Å². The van der Waals surface area contributed by atoms with Crippen LogP contribution in [0, 0.1) is 5.92 Å². The number of hydrogen-bond acceptors (Lipinski definition) is 7. The van der Waals surface area contributed by atoms with Gasteiger partial charge in [0.15, 0.2) is 6.10 Å². The van der Waals surface area contributed by atoms with E-state index >= 15 is 0 Å². The van der Waals surface area contributed by atoms with E-state index in [-0.39, 0.29) is 5.92 Å². The van der Waals surface area contributed by atoms with E-state index in [1.54, 1.807) is 0 Å². The summed E-state index contributed by atoms with van der Waals surface area (Å²) in [7, 11) is 0. The van der Waals surface area contributed by atoms with Gasteiger partial charge < -0.3 is 35.7 Å². The number of aliphatic hydroxyl groups is 5. The number of hydrogen-bond donors (Lipinski definition) is 7. The van der Waals surface area contributed by atoms with Crippen molar-refractivity contribution in [2.24, 2.45) is 5.92 Å². The Kier molecular flexibility index (Phi) is 9.86. The number of carbonyl (C=O) groups is 2. The largest absolute Gasteiger partial charge is 0.481 e. The first-order valence-corrected chi connectivity index (χ1v) is 7.01. The fourth-order valence-electron chi connectivity index (χ4n) is 2.02. The van der Waals surface area contributed by atoms with Crippen LogP contribution in [0.1, 0.15) is 32.1 Å². The minimum Gasteiger partial charge on any atom is -0.481 e. The Morgan fingerprint density at radius 2 is 1.41 bits per heavy atom. The second kappa shape index (κ2) is 10.5. The van der Waals surface area contributed by atoms with E-state index in [0.29, 0.717) is 0 Å². The van der Waals surface area contributed by atoms with Crippen LogP contribution in [-0.4, -0.2) is 78.7 Å². The van der Waals surface area contributed by atoms with Crippen LogP contribution in [0.3, 0.4) is 0 Å². The monoisotopic (exact) mass is 324 g/mol. The Balaban J connectivity index is 0.000000425. The molecule has 4 atom stereocenters. The SMILES string of the molecule is O=C(O)C(O)C(O)C(O)C(O)CO.O=C(O)C1CCCCC1. The zero-order chi connectivity index (χ0) is 17.3. The van der Waals surface area contributed by atoms with Crippen molar-refractivity contribution in [3.63, 3.8) is 0 Å². The van der Waals surface area contributed by atoms with Crippen LogP contribution in [0.4, 0.5) is 0 Å². The number of rotatable bonds is 6. The van der Waals surface area contributed by atoms with E-state index in [4.69, 9.17) is 35.7 Å². The zero-order valence-corrected chi connectivity index (χ0v) is 12.1. The molecule has 0 radical (unpaired) electrons. The molecular formula is C13H24O9. The maximum absolute atomic E-state index is 10.4. The first-order valence-electron chi connectivity index (χ1n) is 7.01. The van der Waals surface area contributed by atoms with E-state index in [9.17, 15) is 9.59 Å². The smallest absolute Gasteiger partial charge is 0.335 e. The Hall–Kier alpha value is -1.26. The van der Waals surface area contributed by atoms with Gasteiger partial charge in [0.2, 0.25) is 0 Å². The first-order chi connectivity index (χ1) is 10.2. The lowest BCUT2D eigenvalue weighted by molar-refractivity contribution is -0.164. The molecule has 130 valence electrons. The standard InChI is InChI=1S/C7H12O2.C6H12O7/c8-7(9)6-4-2-1-3-5-6;7-1-2(8)3(9)4(10)5(11)6(12)13/h6H,1-5H2,(H,8,9);2-5,7-11H,1H2,(H,12,13). The molecule has 0 amide bonds. The lowest BCUT2D eigenvalue weighted by Gasteiger charge is -2.23. The fraction of sp³-hybridized carbons (Fsp3) is 0.846. The van der Waals surface area contributed by atoms with Gasteiger partial charge >= 0.3 is 11.9 Å². The number of aliphatic carboxylic acids is 2. The molecule has 0 bridgehead atoms. The molecule has 0 aromatic carbocycles. The lowest BCUT2D eigenvalue weighted by Crippen LogP contribution is -2.48. The molecule has 22 heavy (non-hydrogen) atoms. The predicted molar refractivity (Wildman–Crippen MR) is 73.0 cm³/mol.